The third-order valence-corrected chi connectivity index (χ3v) is 6.19. The van der Waals surface area contributed by atoms with Crippen molar-refractivity contribution in [1.29, 1.82) is 0 Å². The lowest BCUT2D eigenvalue weighted by molar-refractivity contribution is -0.119. The molecule has 10 heteroatoms. The van der Waals surface area contributed by atoms with Gasteiger partial charge in [0.25, 0.3) is 5.56 Å². The SMILES string of the molecule is CC(C)CN(C(=O)CN(C)Cc1ccc(Cl)s1)c1c(N)n(Cc2ccccc2)c(=O)[nH]c1=O. The number of anilines is 2. The predicted molar refractivity (Wildman–Crippen MR) is 134 cm³/mol. The van der Waals surface area contributed by atoms with Gasteiger partial charge in [-0.25, -0.2) is 4.79 Å². The molecule has 0 saturated heterocycles. The molecule has 0 bridgehead atoms. The van der Waals surface area contributed by atoms with E-state index in [4.69, 9.17) is 17.3 Å². The maximum Gasteiger partial charge on any atom is 0.330 e. The molecule has 0 aliphatic rings. The summed E-state index contributed by atoms with van der Waals surface area (Å²) in [6.45, 7) is 4.97. The van der Waals surface area contributed by atoms with E-state index >= 15 is 0 Å². The Morgan fingerprint density at radius 1 is 1.18 bits per heavy atom. The molecule has 1 aromatic carbocycles. The highest BCUT2D eigenvalue weighted by Gasteiger charge is 2.26. The van der Waals surface area contributed by atoms with Gasteiger partial charge < -0.3 is 10.6 Å². The van der Waals surface area contributed by atoms with Crippen LogP contribution in [0.3, 0.4) is 0 Å². The second-order valence-corrected chi connectivity index (χ2v) is 10.1. The molecular formula is C23H28ClN5O3S. The molecule has 176 valence electrons. The molecule has 3 aromatic rings. The fraction of sp³-hybridized carbons (Fsp3) is 0.348. The zero-order valence-corrected chi connectivity index (χ0v) is 20.4. The normalized spacial score (nSPS) is 11.3. The number of hydrogen-bond donors (Lipinski definition) is 2. The molecule has 8 nitrogen and oxygen atoms in total. The molecule has 3 N–H and O–H groups in total. The second kappa shape index (κ2) is 10.8. The van der Waals surface area contributed by atoms with E-state index in [1.54, 1.807) is 0 Å². The average molecular weight is 490 g/mol. The molecule has 0 atom stereocenters. The van der Waals surface area contributed by atoms with Crippen molar-refractivity contribution >= 4 is 40.4 Å². The number of hydrogen-bond acceptors (Lipinski definition) is 6. The number of benzene rings is 1. The van der Waals surface area contributed by atoms with Crippen molar-refractivity contribution in [2.75, 3.05) is 30.8 Å². The van der Waals surface area contributed by atoms with Crippen LogP contribution in [0.2, 0.25) is 4.34 Å². The number of carbonyl (C=O) groups excluding carboxylic acids is 1. The summed E-state index contributed by atoms with van der Waals surface area (Å²) in [7, 11) is 1.82. The van der Waals surface area contributed by atoms with Gasteiger partial charge in [0.1, 0.15) is 5.82 Å². The Bertz CT molecular complexity index is 1220. The summed E-state index contributed by atoms with van der Waals surface area (Å²) >= 11 is 7.46. The number of H-pyrrole nitrogens is 1. The van der Waals surface area contributed by atoms with Crippen LogP contribution in [0.1, 0.15) is 24.3 Å². The molecule has 0 saturated carbocycles. The summed E-state index contributed by atoms with van der Waals surface area (Å²) in [6.07, 6.45) is 0. The van der Waals surface area contributed by atoms with E-state index in [1.807, 2.05) is 68.3 Å². The number of nitrogens with one attached hydrogen (secondary N) is 1. The van der Waals surface area contributed by atoms with Gasteiger partial charge in [-0.05, 0) is 30.7 Å². The Morgan fingerprint density at radius 3 is 2.48 bits per heavy atom. The first kappa shape index (κ1) is 24.8. The summed E-state index contributed by atoms with van der Waals surface area (Å²) in [5.41, 5.74) is 5.88. The number of likely N-dealkylation sites (N-methyl/N-ethyl adjacent to an activating group) is 1. The van der Waals surface area contributed by atoms with Crippen LogP contribution in [-0.2, 0) is 17.9 Å². The van der Waals surface area contributed by atoms with Gasteiger partial charge in [0.2, 0.25) is 5.91 Å². The smallest absolute Gasteiger partial charge is 0.330 e. The van der Waals surface area contributed by atoms with E-state index in [1.165, 1.54) is 20.8 Å². The van der Waals surface area contributed by atoms with Crippen LogP contribution < -0.4 is 21.9 Å². The fourth-order valence-electron chi connectivity index (χ4n) is 3.52. The highest BCUT2D eigenvalue weighted by Crippen LogP contribution is 2.23. The number of nitrogens with two attached hydrogens (primary N) is 1. The molecular weight excluding hydrogens is 462 g/mol. The monoisotopic (exact) mass is 489 g/mol. The number of carbonyl (C=O) groups is 1. The Labute approximate surface area is 201 Å². The van der Waals surface area contributed by atoms with Crippen molar-refractivity contribution in [2.24, 2.45) is 5.92 Å². The van der Waals surface area contributed by atoms with Gasteiger partial charge in [0, 0.05) is 18.0 Å². The lowest BCUT2D eigenvalue weighted by Gasteiger charge is -2.28. The Hall–Kier alpha value is -2.88. The number of nitrogens with zero attached hydrogens (tertiary/aromatic N) is 3. The first-order valence-electron chi connectivity index (χ1n) is 10.5. The van der Waals surface area contributed by atoms with Crippen LogP contribution >= 0.6 is 22.9 Å². The van der Waals surface area contributed by atoms with Crippen LogP contribution in [0, 0.1) is 5.92 Å². The summed E-state index contributed by atoms with van der Waals surface area (Å²) in [5, 5.41) is 0. The summed E-state index contributed by atoms with van der Waals surface area (Å²) in [4.78, 5) is 45.2. The van der Waals surface area contributed by atoms with Gasteiger partial charge in [-0.3, -0.25) is 24.0 Å². The van der Waals surface area contributed by atoms with Gasteiger partial charge in [-0.2, -0.15) is 0 Å². The lowest BCUT2D eigenvalue weighted by atomic mass is 10.2. The van der Waals surface area contributed by atoms with Crippen molar-refractivity contribution in [3.05, 3.63) is 78.1 Å². The predicted octanol–water partition coefficient (Wildman–Crippen LogP) is 3.00. The molecule has 2 aromatic heterocycles. The van der Waals surface area contributed by atoms with Crippen molar-refractivity contribution in [3.63, 3.8) is 0 Å². The Balaban J connectivity index is 1.92. The van der Waals surface area contributed by atoms with Gasteiger partial charge in [0.15, 0.2) is 5.69 Å². The molecule has 33 heavy (non-hydrogen) atoms. The minimum atomic E-state index is -0.677. The van der Waals surface area contributed by atoms with E-state index in [2.05, 4.69) is 4.98 Å². The van der Waals surface area contributed by atoms with Crippen molar-refractivity contribution in [3.8, 4) is 0 Å². The summed E-state index contributed by atoms with van der Waals surface area (Å²) < 4.78 is 1.97. The van der Waals surface area contributed by atoms with E-state index in [9.17, 15) is 14.4 Å². The minimum Gasteiger partial charge on any atom is -0.383 e. The molecule has 0 spiro atoms. The third-order valence-electron chi connectivity index (χ3n) is 4.98. The largest absolute Gasteiger partial charge is 0.383 e. The lowest BCUT2D eigenvalue weighted by Crippen LogP contribution is -2.46. The van der Waals surface area contributed by atoms with Crippen LogP contribution in [0.15, 0.2) is 52.1 Å². The molecule has 0 aliphatic heterocycles. The van der Waals surface area contributed by atoms with E-state index in [0.29, 0.717) is 10.9 Å². The van der Waals surface area contributed by atoms with Crippen LogP contribution in [0.4, 0.5) is 11.5 Å². The van der Waals surface area contributed by atoms with Crippen molar-refractivity contribution in [1.82, 2.24) is 14.5 Å². The number of amides is 1. The van der Waals surface area contributed by atoms with Crippen LogP contribution in [0.5, 0.6) is 0 Å². The van der Waals surface area contributed by atoms with Crippen molar-refractivity contribution in [2.45, 2.75) is 26.9 Å². The molecule has 0 fully saturated rings. The average Bonchev–Trinajstić information content (AvgIpc) is 3.15. The zero-order chi connectivity index (χ0) is 24.1. The van der Waals surface area contributed by atoms with Crippen molar-refractivity contribution < 1.29 is 4.79 Å². The zero-order valence-electron chi connectivity index (χ0n) is 18.9. The second-order valence-electron chi connectivity index (χ2n) is 8.34. The molecule has 0 radical (unpaired) electrons. The number of thiophene rings is 1. The maximum absolute atomic E-state index is 13.3. The third kappa shape index (κ3) is 6.34. The van der Waals surface area contributed by atoms with Crippen LogP contribution in [-0.4, -0.2) is 40.5 Å². The molecule has 3 rings (SSSR count). The Morgan fingerprint density at radius 2 is 1.88 bits per heavy atom. The molecule has 0 aliphatic carbocycles. The Kier molecular flexibility index (Phi) is 8.12. The van der Waals surface area contributed by atoms with E-state index in [-0.39, 0.29) is 43.0 Å². The maximum atomic E-state index is 13.3. The first-order chi connectivity index (χ1) is 15.7. The highest BCUT2D eigenvalue weighted by molar-refractivity contribution is 7.16. The van der Waals surface area contributed by atoms with Gasteiger partial charge in [0.05, 0.1) is 17.4 Å². The fourth-order valence-corrected chi connectivity index (χ4v) is 4.69. The standard InChI is InChI=1S/C23H28ClN5O3S/c1-15(2)11-28(19(30)14-27(3)13-17-9-10-18(24)33-17)20-21(25)29(23(32)26-22(20)31)12-16-7-5-4-6-8-16/h4-10,15H,11-14,25H2,1-3H3,(H,26,31,32). The molecule has 1 amide bonds. The van der Waals surface area contributed by atoms with Crippen LogP contribution in [0.25, 0.3) is 0 Å². The first-order valence-corrected chi connectivity index (χ1v) is 11.7. The number of nitrogen functional groups attached to an aromatic ring is 1. The molecule has 2 heterocycles. The molecule has 0 unspecified atom stereocenters. The van der Waals surface area contributed by atoms with Gasteiger partial charge in [-0.1, -0.05) is 55.8 Å². The van der Waals surface area contributed by atoms with Gasteiger partial charge >= 0.3 is 5.69 Å². The van der Waals surface area contributed by atoms with E-state index < -0.39 is 11.2 Å². The number of aromatic nitrogens is 2. The number of rotatable bonds is 9. The van der Waals surface area contributed by atoms with Gasteiger partial charge in [-0.15, -0.1) is 11.3 Å². The van der Waals surface area contributed by atoms with E-state index in [0.717, 1.165) is 10.4 Å². The highest BCUT2D eigenvalue weighted by atomic mass is 35.5. The number of aromatic amines is 1. The quantitative estimate of drug-likeness (QED) is 0.480. The summed E-state index contributed by atoms with van der Waals surface area (Å²) in [5.74, 6) is -0.242. The number of halogens is 1. The summed E-state index contributed by atoms with van der Waals surface area (Å²) in [6, 6.07) is 13.0. The topological polar surface area (TPSA) is 104 Å². The minimum absolute atomic E-state index is 0.00296.